The van der Waals surface area contributed by atoms with Crippen LogP contribution in [0, 0.1) is 0 Å². The van der Waals surface area contributed by atoms with Gasteiger partial charge in [0.25, 0.3) is 11.5 Å². The van der Waals surface area contributed by atoms with E-state index in [0.717, 1.165) is 23.2 Å². The fraction of sp³-hybridized carbons (Fsp3) is 0.438. The molecule has 2 rings (SSSR count). The Balaban J connectivity index is 2.27. The summed E-state index contributed by atoms with van der Waals surface area (Å²) in [6.07, 6.45) is -1.78. The van der Waals surface area contributed by atoms with Gasteiger partial charge in [-0.05, 0) is 24.6 Å². The first-order valence-corrected chi connectivity index (χ1v) is 7.76. The zero-order valence-electron chi connectivity index (χ0n) is 13.6. The number of alkyl halides is 3. The first-order chi connectivity index (χ1) is 11.8. The zero-order chi connectivity index (χ0) is 18.4. The summed E-state index contributed by atoms with van der Waals surface area (Å²) in [5.41, 5.74) is -0.620. The summed E-state index contributed by atoms with van der Waals surface area (Å²) < 4.78 is 44.6. The minimum Gasteiger partial charge on any atom is -0.467 e. The molecule has 0 bridgehead atoms. The number of unbranched alkanes of at least 4 members (excludes halogenated alkanes) is 1. The zero-order valence-corrected chi connectivity index (χ0v) is 13.6. The lowest BCUT2D eigenvalue weighted by Crippen LogP contribution is -2.39. The Kier molecular flexibility index (Phi) is 6.00. The molecular formula is C16H18F3N3O3. The van der Waals surface area contributed by atoms with Crippen molar-refractivity contribution in [2.75, 3.05) is 6.54 Å². The van der Waals surface area contributed by atoms with Crippen LogP contribution in [-0.4, -0.2) is 33.3 Å². The molecule has 0 fully saturated rings. The van der Waals surface area contributed by atoms with E-state index in [-0.39, 0.29) is 18.0 Å². The smallest absolute Gasteiger partial charge is 0.406 e. The van der Waals surface area contributed by atoms with Gasteiger partial charge in [0.1, 0.15) is 18.0 Å². The fourth-order valence-corrected chi connectivity index (χ4v) is 2.20. The Morgan fingerprint density at radius 3 is 2.68 bits per heavy atom. The molecule has 0 aliphatic heterocycles. The summed E-state index contributed by atoms with van der Waals surface area (Å²) in [5, 5.41) is 3.90. The van der Waals surface area contributed by atoms with E-state index in [2.05, 4.69) is 5.10 Å². The number of aromatic nitrogens is 2. The Bertz CT molecular complexity index is 754. The van der Waals surface area contributed by atoms with Crippen LogP contribution in [0.25, 0.3) is 0 Å². The van der Waals surface area contributed by atoms with Crippen LogP contribution in [0.1, 0.15) is 36.0 Å². The van der Waals surface area contributed by atoms with Crippen molar-refractivity contribution in [3.63, 3.8) is 0 Å². The topological polar surface area (TPSA) is 68.3 Å². The molecule has 0 atom stereocenters. The van der Waals surface area contributed by atoms with Gasteiger partial charge in [-0.1, -0.05) is 13.3 Å². The van der Waals surface area contributed by atoms with Gasteiger partial charge >= 0.3 is 6.18 Å². The SMILES string of the molecule is CCCCn1nc(C(=O)N(Cc2ccco2)CC(F)(F)F)ccc1=O. The maximum Gasteiger partial charge on any atom is 0.406 e. The van der Waals surface area contributed by atoms with Gasteiger partial charge in [0.2, 0.25) is 0 Å². The van der Waals surface area contributed by atoms with Crippen LogP contribution < -0.4 is 5.56 Å². The number of rotatable bonds is 7. The van der Waals surface area contributed by atoms with Gasteiger partial charge in [-0.3, -0.25) is 9.59 Å². The van der Waals surface area contributed by atoms with Crippen molar-refractivity contribution in [3.05, 3.63) is 52.3 Å². The third-order valence-electron chi connectivity index (χ3n) is 3.39. The second-order valence-corrected chi connectivity index (χ2v) is 5.49. The highest BCUT2D eigenvalue weighted by atomic mass is 19.4. The molecule has 9 heteroatoms. The van der Waals surface area contributed by atoms with Crippen molar-refractivity contribution >= 4 is 5.91 Å². The average Bonchev–Trinajstić information content (AvgIpc) is 3.04. The Morgan fingerprint density at radius 2 is 2.08 bits per heavy atom. The highest BCUT2D eigenvalue weighted by Gasteiger charge is 2.34. The molecule has 136 valence electrons. The summed E-state index contributed by atoms with van der Waals surface area (Å²) in [6.45, 7) is 0.436. The molecule has 2 heterocycles. The lowest BCUT2D eigenvalue weighted by Gasteiger charge is -2.22. The molecule has 0 saturated heterocycles. The quantitative estimate of drug-likeness (QED) is 0.764. The molecule has 6 nitrogen and oxygen atoms in total. The first-order valence-electron chi connectivity index (χ1n) is 7.76. The monoisotopic (exact) mass is 357 g/mol. The lowest BCUT2D eigenvalue weighted by molar-refractivity contribution is -0.142. The Labute approximate surface area is 141 Å². The second-order valence-electron chi connectivity index (χ2n) is 5.49. The summed E-state index contributed by atoms with van der Waals surface area (Å²) in [6, 6.07) is 5.27. The normalized spacial score (nSPS) is 11.5. The number of carbonyl (C=O) groups excluding carboxylic acids is 1. The van der Waals surface area contributed by atoms with Gasteiger partial charge < -0.3 is 9.32 Å². The van der Waals surface area contributed by atoms with E-state index in [1.807, 2.05) is 6.92 Å². The number of carbonyl (C=O) groups is 1. The highest BCUT2D eigenvalue weighted by Crippen LogP contribution is 2.19. The summed E-state index contributed by atoms with van der Waals surface area (Å²) in [5.74, 6) is -0.698. The number of amides is 1. The Hall–Kier alpha value is -2.58. The maximum absolute atomic E-state index is 12.8. The van der Waals surface area contributed by atoms with E-state index in [1.54, 1.807) is 0 Å². The molecule has 0 spiro atoms. The molecule has 0 aliphatic rings. The van der Waals surface area contributed by atoms with Crippen LogP contribution in [0.5, 0.6) is 0 Å². The van der Waals surface area contributed by atoms with Gasteiger partial charge in [0.05, 0.1) is 12.8 Å². The molecule has 0 saturated carbocycles. The van der Waals surface area contributed by atoms with Crippen molar-refractivity contribution in [1.29, 1.82) is 0 Å². The number of halogens is 3. The summed E-state index contributed by atoms with van der Waals surface area (Å²) in [4.78, 5) is 24.8. The van der Waals surface area contributed by atoms with E-state index in [9.17, 15) is 22.8 Å². The number of nitrogens with zero attached hydrogens (tertiary/aromatic N) is 3. The van der Waals surface area contributed by atoms with Crippen LogP contribution in [0.15, 0.2) is 39.7 Å². The minimum atomic E-state index is -4.57. The van der Waals surface area contributed by atoms with Crippen LogP contribution in [-0.2, 0) is 13.1 Å². The number of aryl methyl sites for hydroxylation is 1. The summed E-state index contributed by atoms with van der Waals surface area (Å²) in [7, 11) is 0. The molecule has 25 heavy (non-hydrogen) atoms. The molecule has 0 N–H and O–H groups in total. The van der Waals surface area contributed by atoms with Crippen molar-refractivity contribution in [1.82, 2.24) is 14.7 Å². The van der Waals surface area contributed by atoms with Crippen LogP contribution in [0.4, 0.5) is 13.2 Å². The molecule has 0 aromatic carbocycles. The predicted molar refractivity (Wildman–Crippen MR) is 82.9 cm³/mol. The molecule has 1 amide bonds. The van der Waals surface area contributed by atoms with E-state index >= 15 is 0 Å². The van der Waals surface area contributed by atoms with Crippen LogP contribution >= 0.6 is 0 Å². The maximum atomic E-state index is 12.8. The van der Waals surface area contributed by atoms with Gasteiger partial charge in [-0.15, -0.1) is 0 Å². The van der Waals surface area contributed by atoms with Gasteiger partial charge in [0, 0.05) is 12.6 Å². The third-order valence-corrected chi connectivity index (χ3v) is 3.39. The lowest BCUT2D eigenvalue weighted by atomic mass is 10.3. The minimum absolute atomic E-state index is 0.216. The number of hydrogen-bond donors (Lipinski definition) is 0. The van der Waals surface area contributed by atoms with E-state index in [4.69, 9.17) is 4.42 Å². The van der Waals surface area contributed by atoms with Gasteiger partial charge in [0.15, 0.2) is 0 Å². The van der Waals surface area contributed by atoms with E-state index in [0.29, 0.717) is 17.9 Å². The molecular weight excluding hydrogens is 339 g/mol. The fourth-order valence-electron chi connectivity index (χ4n) is 2.20. The molecule has 0 radical (unpaired) electrons. The third kappa shape index (κ3) is 5.47. The van der Waals surface area contributed by atoms with Crippen molar-refractivity contribution < 1.29 is 22.4 Å². The number of hydrogen-bond acceptors (Lipinski definition) is 4. The van der Waals surface area contributed by atoms with E-state index < -0.39 is 24.2 Å². The second kappa shape index (κ2) is 8.00. The Morgan fingerprint density at radius 1 is 1.32 bits per heavy atom. The first kappa shape index (κ1) is 18.8. The largest absolute Gasteiger partial charge is 0.467 e. The van der Waals surface area contributed by atoms with Crippen molar-refractivity contribution in [2.24, 2.45) is 0 Å². The van der Waals surface area contributed by atoms with E-state index in [1.165, 1.54) is 18.4 Å². The van der Waals surface area contributed by atoms with Crippen molar-refractivity contribution in [3.8, 4) is 0 Å². The summed E-state index contributed by atoms with van der Waals surface area (Å²) >= 11 is 0. The standard InChI is InChI=1S/C16H18F3N3O3/c1-2-3-8-22-14(23)7-6-13(20-22)15(24)21(11-16(17,18)19)10-12-5-4-9-25-12/h4-7,9H,2-3,8,10-11H2,1H3. The molecule has 0 aliphatic carbocycles. The molecule has 2 aromatic rings. The van der Waals surface area contributed by atoms with Crippen LogP contribution in [0.3, 0.4) is 0 Å². The average molecular weight is 357 g/mol. The molecule has 0 unspecified atom stereocenters. The number of furan rings is 1. The van der Waals surface area contributed by atoms with Crippen molar-refractivity contribution in [2.45, 2.75) is 39.0 Å². The predicted octanol–water partition coefficient (Wildman–Crippen LogP) is 2.84. The van der Waals surface area contributed by atoms with Gasteiger partial charge in [-0.2, -0.15) is 18.3 Å². The molecule has 2 aromatic heterocycles. The van der Waals surface area contributed by atoms with Crippen LogP contribution in [0.2, 0.25) is 0 Å². The highest BCUT2D eigenvalue weighted by molar-refractivity contribution is 5.92. The van der Waals surface area contributed by atoms with Gasteiger partial charge in [-0.25, -0.2) is 4.68 Å².